The molecule has 2 aromatic heterocycles. The lowest BCUT2D eigenvalue weighted by molar-refractivity contribution is -0.137. The minimum Gasteiger partial charge on any atom is -0.398 e. The number of fused-ring (bicyclic) bond motifs is 1. The first-order valence-corrected chi connectivity index (χ1v) is 12.3. The monoisotopic (exact) mass is 566 g/mol. The summed E-state index contributed by atoms with van der Waals surface area (Å²) < 4.78 is 68.5. The largest absolute Gasteiger partial charge is 0.417 e. The summed E-state index contributed by atoms with van der Waals surface area (Å²) in [5.41, 5.74) is 8.74. The number of hydrogen-bond donors (Lipinski definition) is 3. The molecule has 0 unspecified atom stereocenters. The van der Waals surface area contributed by atoms with Gasteiger partial charge in [0.15, 0.2) is 11.6 Å². The number of carbonyl (C=O) groups is 1. The summed E-state index contributed by atoms with van der Waals surface area (Å²) in [7, 11) is 1.83. The van der Waals surface area contributed by atoms with Crippen LogP contribution in [-0.2, 0) is 26.3 Å². The Morgan fingerprint density at radius 1 is 0.951 bits per heavy atom. The fraction of sp³-hybridized carbons (Fsp3) is 0.138. The number of aromatic nitrogens is 3. The Labute approximate surface area is 230 Å². The molecular formula is C29H23F5N6O. The van der Waals surface area contributed by atoms with Gasteiger partial charge in [-0.2, -0.15) is 18.3 Å². The van der Waals surface area contributed by atoms with Crippen LogP contribution in [0.1, 0.15) is 27.0 Å². The van der Waals surface area contributed by atoms with Crippen molar-refractivity contribution in [2.45, 2.75) is 19.3 Å². The number of hydrogen-bond acceptors (Lipinski definition) is 5. The van der Waals surface area contributed by atoms with Crippen molar-refractivity contribution >= 4 is 28.3 Å². The summed E-state index contributed by atoms with van der Waals surface area (Å²) in [6.07, 6.45) is -4.09. The zero-order valence-corrected chi connectivity index (χ0v) is 21.6. The summed E-state index contributed by atoms with van der Waals surface area (Å²) in [5.74, 6) is -3.11. The lowest BCUT2D eigenvalue weighted by Gasteiger charge is -2.14. The second-order valence-electron chi connectivity index (χ2n) is 9.31. The molecule has 210 valence electrons. The van der Waals surface area contributed by atoms with Crippen LogP contribution in [0.5, 0.6) is 0 Å². The molecule has 0 radical (unpaired) electrons. The number of amides is 1. The number of benzene rings is 3. The van der Waals surface area contributed by atoms with Crippen molar-refractivity contribution in [2.24, 2.45) is 7.05 Å². The lowest BCUT2D eigenvalue weighted by Crippen LogP contribution is -2.25. The molecule has 0 saturated carbocycles. The highest BCUT2D eigenvalue weighted by atomic mass is 19.4. The van der Waals surface area contributed by atoms with Gasteiger partial charge in [0, 0.05) is 37.6 Å². The fourth-order valence-corrected chi connectivity index (χ4v) is 4.37. The smallest absolute Gasteiger partial charge is 0.398 e. The van der Waals surface area contributed by atoms with Gasteiger partial charge in [0.1, 0.15) is 11.5 Å². The van der Waals surface area contributed by atoms with Gasteiger partial charge in [-0.1, -0.05) is 36.4 Å². The van der Waals surface area contributed by atoms with E-state index >= 15 is 0 Å². The number of nitrogen functional groups attached to an aromatic ring is 1. The van der Waals surface area contributed by atoms with E-state index in [0.717, 1.165) is 34.2 Å². The van der Waals surface area contributed by atoms with E-state index in [-0.39, 0.29) is 30.0 Å². The zero-order valence-electron chi connectivity index (χ0n) is 21.6. The molecule has 2 heterocycles. The van der Waals surface area contributed by atoms with Crippen LogP contribution in [0.15, 0.2) is 72.9 Å². The Hall–Kier alpha value is -5.00. The van der Waals surface area contributed by atoms with Crippen LogP contribution in [0.25, 0.3) is 22.2 Å². The van der Waals surface area contributed by atoms with Crippen LogP contribution in [-0.4, -0.2) is 20.7 Å². The molecule has 41 heavy (non-hydrogen) atoms. The highest BCUT2D eigenvalue weighted by Crippen LogP contribution is 2.33. The molecule has 5 aromatic rings. The molecule has 0 bridgehead atoms. The number of pyridine rings is 1. The van der Waals surface area contributed by atoms with Crippen LogP contribution in [0.2, 0.25) is 0 Å². The lowest BCUT2D eigenvalue weighted by atomic mass is 10.0. The molecule has 1 amide bonds. The number of anilines is 2. The van der Waals surface area contributed by atoms with Crippen LogP contribution < -0.4 is 16.4 Å². The van der Waals surface area contributed by atoms with Gasteiger partial charge in [-0.3, -0.25) is 9.48 Å². The highest BCUT2D eigenvalue weighted by Gasteiger charge is 2.32. The van der Waals surface area contributed by atoms with Gasteiger partial charge in [0.05, 0.1) is 22.0 Å². The number of nitrogens with two attached hydrogens (primary N) is 1. The van der Waals surface area contributed by atoms with Crippen LogP contribution in [0, 0.1) is 11.6 Å². The molecular weight excluding hydrogens is 543 g/mol. The molecule has 5 rings (SSSR count). The van der Waals surface area contributed by atoms with Crippen molar-refractivity contribution in [1.82, 2.24) is 20.1 Å². The summed E-state index contributed by atoms with van der Waals surface area (Å²) in [6.45, 7) is -0.0902. The Kier molecular flexibility index (Phi) is 7.31. The first kappa shape index (κ1) is 27.6. The third kappa shape index (κ3) is 5.81. The number of nitrogens with zero attached hydrogens (tertiary/aromatic N) is 3. The van der Waals surface area contributed by atoms with Gasteiger partial charge in [0.2, 0.25) is 0 Å². The molecule has 0 fully saturated rings. The van der Waals surface area contributed by atoms with E-state index in [2.05, 4.69) is 20.7 Å². The van der Waals surface area contributed by atoms with E-state index in [4.69, 9.17) is 5.73 Å². The van der Waals surface area contributed by atoms with Crippen molar-refractivity contribution in [1.29, 1.82) is 0 Å². The van der Waals surface area contributed by atoms with Gasteiger partial charge < -0.3 is 16.4 Å². The van der Waals surface area contributed by atoms with Crippen LogP contribution >= 0.6 is 0 Å². The third-order valence-electron chi connectivity index (χ3n) is 6.49. The number of carbonyl (C=O) groups excluding carboxylic acids is 1. The Morgan fingerprint density at radius 2 is 1.68 bits per heavy atom. The van der Waals surface area contributed by atoms with Gasteiger partial charge in [-0.25, -0.2) is 13.8 Å². The van der Waals surface area contributed by atoms with Crippen molar-refractivity contribution in [3.05, 3.63) is 107 Å². The van der Waals surface area contributed by atoms with E-state index in [1.54, 1.807) is 10.7 Å². The van der Waals surface area contributed by atoms with Crippen molar-refractivity contribution in [2.75, 3.05) is 11.1 Å². The number of alkyl halides is 3. The number of rotatable bonds is 7. The SMILES string of the molecule is Cn1nc(-c2ccc(CNc3ncc(C(F)(F)F)cc3C(=O)NCc3ccc(F)c(F)c3)cc2)c2c(N)cccc21. The Bertz CT molecular complexity index is 1750. The van der Waals surface area contributed by atoms with Crippen molar-refractivity contribution in [3.8, 4) is 11.3 Å². The predicted octanol–water partition coefficient (Wildman–Crippen LogP) is 6.06. The van der Waals surface area contributed by atoms with Gasteiger partial charge in [0.25, 0.3) is 5.91 Å². The second-order valence-corrected chi connectivity index (χ2v) is 9.31. The van der Waals surface area contributed by atoms with E-state index < -0.39 is 29.3 Å². The molecule has 0 aliphatic rings. The average Bonchev–Trinajstić information content (AvgIpc) is 3.29. The normalized spacial score (nSPS) is 11.6. The zero-order chi connectivity index (χ0) is 29.3. The Morgan fingerprint density at radius 3 is 2.39 bits per heavy atom. The molecule has 0 spiro atoms. The van der Waals surface area contributed by atoms with E-state index in [0.29, 0.717) is 23.6 Å². The highest BCUT2D eigenvalue weighted by molar-refractivity contribution is 6.01. The molecule has 12 heteroatoms. The first-order valence-electron chi connectivity index (χ1n) is 12.3. The maximum absolute atomic E-state index is 13.5. The van der Waals surface area contributed by atoms with Gasteiger partial charge in [-0.05, 0) is 41.5 Å². The molecule has 4 N–H and O–H groups in total. The van der Waals surface area contributed by atoms with Crippen LogP contribution in [0.4, 0.5) is 33.5 Å². The fourth-order valence-electron chi connectivity index (χ4n) is 4.37. The molecule has 0 aliphatic heterocycles. The number of halogens is 5. The van der Waals surface area contributed by atoms with E-state index in [9.17, 15) is 26.7 Å². The molecule has 0 saturated heterocycles. The predicted molar refractivity (Wildman–Crippen MR) is 145 cm³/mol. The molecule has 0 atom stereocenters. The van der Waals surface area contributed by atoms with E-state index in [1.807, 2.05) is 43.4 Å². The Balaban J connectivity index is 1.35. The summed E-state index contributed by atoms with van der Waals surface area (Å²) in [4.78, 5) is 16.7. The molecule has 0 aliphatic carbocycles. The van der Waals surface area contributed by atoms with Crippen molar-refractivity contribution < 1.29 is 26.7 Å². The van der Waals surface area contributed by atoms with Gasteiger partial charge in [-0.15, -0.1) is 0 Å². The quantitative estimate of drug-likeness (QED) is 0.165. The summed E-state index contributed by atoms with van der Waals surface area (Å²) in [5, 5.41) is 10.8. The maximum Gasteiger partial charge on any atom is 0.417 e. The first-order chi connectivity index (χ1) is 19.5. The van der Waals surface area contributed by atoms with E-state index in [1.165, 1.54) is 6.07 Å². The standard InChI is InChI=1S/C29H23F5N6O/c1-40-24-4-2-3-23(35)25(24)26(39-40)18-8-5-16(6-9-18)13-36-27-20(12-19(15-37-27)29(32,33)34)28(41)38-14-17-7-10-21(30)22(31)11-17/h2-12,15H,13-14,35H2,1H3,(H,36,37)(H,38,41). The number of aryl methyl sites for hydroxylation is 1. The topological polar surface area (TPSA) is 97.9 Å². The second kappa shape index (κ2) is 10.9. The van der Waals surface area contributed by atoms with Crippen molar-refractivity contribution in [3.63, 3.8) is 0 Å². The number of nitrogens with one attached hydrogen (secondary N) is 2. The maximum atomic E-state index is 13.5. The van der Waals surface area contributed by atoms with Crippen LogP contribution in [0.3, 0.4) is 0 Å². The van der Waals surface area contributed by atoms with Gasteiger partial charge >= 0.3 is 6.18 Å². The minimum atomic E-state index is -4.73. The molecule has 7 nitrogen and oxygen atoms in total. The molecule has 3 aromatic carbocycles. The average molecular weight is 567 g/mol. The third-order valence-corrected chi connectivity index (χ3v) is 6.49. The summed E-state index contributed by atoms with van der Waals surface area (Å²) >= 11 is 0. The summed E-state index contributed by atoms with van der Waals surface area (Å²) in [6, 6.07) is 16.6. The minimum absolute atomic E-state index is 0.0756.